The fourth-order valence-corrected chi connectivity index (χ4v) is 5.75. The van der Waals surface area contributed by atoms with Crippen molar-refractivity contribution in [1.29, 1.82) is 0 Å². The molecule has 1 saturated heterocycles. The van der Waals surface area contributed by atoms with Gasteiger partial charge in [-0.2, -0.15) is 0 Å². The SMILES string of the molecule is C=CCOc1c(C)c(C)c2c(c1C)CCC(C)(COc1ccc(C=C3SC(=O)NC3=O)c3ccccc13)O2. The molecule has 1 fully saturated rings. The third kappa shape index (κ3) is 4.78. The van der Waals surface area contributed by atoms with Gasteiger partial charge in [-0.1, -0.05) is 43.0 Å². The first kappa shape index (κ1) is 25.9. The van der Waals surface area contributed by atoms with Crippen LogP contribution in [0.15, 0.2) is 54.0 Å². The molecule has 0 aliphatic carbocycles. The number of thioether (sulfide) groups is 1. The first-order valence-corrected chi connectivity index (χ1v) is 13.5. The predicted molar refractivity (Wildman–Crippen MR) is 152 cm³/mol. The maximum Gasteiger partial charge on any atom is 0.290 e. The van der Waals surface area contributed by atoms with E-state index in [4.69, 9.17) is 14.2 Å². The Balaban J connectivity index is 1.40. The van der Waals surface area contributed by atoms with Crippen molar-refractivity contribution >= 4 is 39.8 Å². The number of amides is 2. The second-order valence-corrected chi connectivity index (χ2v) is 11.0. The number of imide groups is 1. The van der Waals surface area contributed by atoms with Crippen molar-refractivity contribution in [2.75, 3.05) is 13.2 Å². The highest BCUT2D eigenvalue weighted by atomic mass is 32.2. The number of ether oxygens (including phenoxy) is 3. The minimum absolute atomic E-state index is 0.353. The summed E-state index contributed by atoms with van der Waals surface area (Å²) in [5, 5.41) is 3.83. The van der Waals surface area contributed by atoms with Gasteiger partial charge in [0.15, 0.2) is 0 Å². The third-order valence-corrected chi connectivity index (χ3v) is 8.10. The zero-order valence-corrected chi connectivity index (χ0v) is 22.9. The summed E-state index contributed by atoms with van der Waals surface area (Å²) in [6, 6.07) is 11.7. The van der Waals surface area contributed by atoms with Crippen LogP contribution in [-0.4, -0.2) is 30.0 Å². The van der Waals surface area contributed by atoms with Gasteiger partial charge in [0.1, 0.15) is 36.1 Å². The molecule has 0 radical (unpaired) electrons. The molecule has 3 aromatic rings. The number of hydrogen-bond donors (Lipinski definition) is 1. The lowest BCUT2D eigenvalue weighted by Gasteiger charge is -2.38. The van der Waals surface area contributed by atoms with Crippen LogP contribution in [0.25, 0.3) is 16.8 Å². The molecule has 3 aromatic carbocycles. The van der Waals surface area contributed by atoms with Gasteiger partial charge in [0, 0.05) is 10.9 Å². The van der Waals surface area contributed by atoms with Crippen LogP contribution in [0.4, 0.5) is 4.79 Å². The Morgan fingerprint density at radius 2 is 1.82 bits per heavy atom. The van der Waals surface area contributed by atoms with E-state index in [2.05, 4.69) is 39.6 Å². The first-order valence-electron chi connectivity index (χ1n) is 12.7. The molecule has 5 rings (SSSR count). The number of hydrogen-bond acceptors (Lipinski definition) is 6. The summed E-state index contributed by atoms with van der Waals surface area (Å²) in [5.41, 5.74) is 4.84. The highest BCUT2D eigenvalue weighted by Gasteiger charge is 2.36. The monoisotopic (exact) mass is 529 g/mol. The minimum Gasteiger partial charge on any atom is -0.489 e. The molecule has 1 unspecified atom stereocenters. The lowest BCUT2D eigenvalue weighted by Crippen LogP contribution is -2.42. The second kappa shape index (κ2) is 10.2. The Morgan fingerprint density at radius 1 is 1.05 bits per heavy atom. The highest BCUT2D eigenvalue weighted by molar-refractivity contribution is 8.18. The Labute approximate surface area is 227 Å². The van der Waals surface area contributed by atoms with E-state index in [1.165, 1.54) is 5.56 Å². The standard InChI is InChI=1S/C31H31NO5S/c1-6-15-35-27-18(2)19(3)28-22(20(27)4)13-14-31(5,37-28)17-36-25-12-11-21(23-9-7-8-10-24(23)25)16-26-29(33)32-30(34)38-26/h6-12,16H,1,13-15,17H2,2-5H3,(H,32,33,34). The van der Waals surface area contributed by atoms with Crippen LogP contribution < -0.4 is 19.5 Å². The van der Waals surface area contributed by atoms with E-state index in [1.54, 1.807) is 12.2 Å². The summed E-state index contributed by atoms with van der Waals surface area (Å²) in [6.07, 6.45) is 5.20. The maximum absolute atomic E-state index is 12.1. The Bertz CT molecular complexity index is 1510. The average molecular weight is 530 g/mol. The molecule has 2 amide bonds. The Kier molecular flexibility index (Phi) is 6.97. The van der Waals surface area contributed by atoms with Gasteiger partial charge in [-0.05, 0) is 92.1 Å². The summed E-state index contributed by atoms with van der Waals surface area (Å²) < 4.78 is 19.0. The van der Waals surface area contributed by atoms with Crippen molar-refractivity contribution in [2.24, 2.45) is 0 Å². The normalized spacial score (nSPS) is 19.7. The van der Waals surface area contributed by atoms with Crippen molar-refractivity contribution < 1.29 is 23.8 Å². The van der Waals surface area contributed by atoms with Crippen molar-refractivity contribution in [3.05, 3.63) is 81.8 Å². The van der Waals surface area contributed by atoms with Gasteiger partial charge in [0.05, 0.1) is 4.91 Å². The van der Waals surface area contributed by atoms with Crippen LogP contribution in [0.3, 0.4) is 0 Å². The van der Waals surface area contributed by atoms with E-state index in [9.17, 15) is 9.59 Å². The number of rotatable bonds is 7. The number of fused-ring (bicyclic) bond motifs is 2. The lowest BCUT2D eigenvalue weighted by molar-refractivity contribution is -0.115. The van der Waals surface area contributed by atoms with Crippen molar-refractivity contribution in [2.45, 2.75) is 46.1 Å². The van der Waals surface area contributed by atoms with Gasteiger partial charge < -0.3 is 14.2 Å². The zero-order chi connectivity index (χ0) is 27.0. The first-order chi connectivity index (χ1) is 18.2. The van der Waals surface area contributed by atoms with E-state index >= 15 is 0 Å². The number of carbonyl (C=O) groups excluding carboxylic acids is 2. The van der Waals surface area contributed by atoms with Gasteiger partial charge in [-0.25, -0.2) is 0 Å². The Hall–Kier alpha value is -3.71. The fourth-order valence-electron chi connectivity index (χ4n) is 5.08. The van der Waals surface area contributed by atoms with Gasteiger partial charge in [-0.3, -0.25) is 14.9 Å². The molecule has 0 spiro atoms. The molecule has 196 valence electrons. The molecule has 0 bridgehead atoms. The van der Waals surface area contributed by atoms with E-state index in [0.717, 1.165) is 74.9 Å². The smallest absolute Gasteiger partial charge is 0.290 e. The summed E-state index contributed by atoms with van der Waals surface area (Å²) in [5.74, 6) is 2.23. The van der Waals surface area contributed by atoms with Crippen LogP contribution >= 0.6 is 11.8 Å². The third-order valence-electron chi connectivity index (χ3n) is 7.29. The molecule has 1 N–H and O–H groups in total. The molecule has 2 aliphatic rings. The van der Waals surface area contributed by atoms with Crippen LogP contribution in [0.1, 0.15) is 41.2 Å². The van der Waals surface area contributed by atoms with Crippen molar-refractivity contribution in [1.82, 2.24) is 5.32 Å². The van der Waals surface area contributed by atoms with E-state index < -0.39 is 5.60 Å². The van der Waals surface area contributed by atoms with E-state index in [1.807, 2.05) is 36.4 Å². The zero-order valence-electron chi connectivity index (χ0n) is 22.1. The quantitative estimate of drug-likeness (QED) is 0.268. The average Bonchev–Trinajstić information content (AvgIpc) is 3.23. The topological polar surface area (TPSA) is 73.9 Å². The maximum atomic E-state index is 12.1. The molecular formula is C31H31NO5S. The molecule has 6 nitrogen and oxygen atoms in total. The molecular weight excluding hydrogens is 498 g/mol. The molecule has 1 atom stereocenters. The Morgan fingerprint density at radius 3 is 2.53 bits per heavy atom. The van der Waals surface area contributed by atoms with Gasteiger partial charge in [0.2, 0.25) is 0 Å². The number of nitrogens with one attached hydrogen (secondary N) is 1. The van der Waals surface area contributed by atoms with Gasteiger partial charge in [0.25, 0.3) is 11.1 Å². The van der Waals surface area contributed by atoms with E-state index in [-0.39, 0.29) is 11.1 Å². The predicted octanol–water partition coefficient (Wildman–Crippen LogP) is 6.82. The summed E-state index contributed by atoms with van der Waals surface area (Å²) in [4.78, 5) is 24.0. The van der Waals surface area contributed by atoms with Gasteiger partial charge >= 0.3 is 0 Å². The van der Waals surface area contributed by atoms with Crippen molar-refractivity contribution in [3.8, 4) is 17.2 Å². The minimum atomic E-state index is -0.499. The van der Waals surface area contributed by atoms with Crippen LogP contribution in [0.2, 0.25) is 0 Å². The van der Waals surface area contributed by atoms with Crippen LogP contribution in [0, 0.1) is 20.8 Å². The van der Waals surface area contributed by atoms with Crippen LogP contribution in [0.5, 0.6) is 17.2 Å². The number of benzene rings is 3. The lowest BCUT2D eigenvalue weighted by atomic mass is 9.87. The molecule has 0 aromatic heterocycles. The molecule has 38 heavy (non-hydrogen) atoms. The summed E-state index contributed by atoms with van der Waals surface area (Å²) in [6.45, 7) is 13.0. The summed E-state index contributed by atoms with van der Waals surface area (Å²) in [7, 11) is 0. The summed E-state index contributed by atoms with van der Waals surface area (Å²) >= 11 is 0.913. The molecule has 7 heteroatoms. The molecule has 0 saturated carbocycles. The second-order valence-electron chi connectivity index (χ2n) is 10.0. The highest BCUT2D eigenvalue weighted by Crippen LogP contribution is 2.44. The van der Waals surface area contributed by atoms with Crippen molar-refractivity contribution in [3.63, 3.8) is 0 Å². The largest absolute Gasteiger partial charge is 0.489 e. The van der Waals surface area contributed by atoms with E-state index in [0.29, 0.717) is 18.1 Å². The fraction of sp³-hybridized carbons (Fsp3) is 0.290. The molecule has 2 aliphatic heterocycles. The van der Waals surface area contributed by atoms with Crippen LogP contribution in [-0.2, 0) is 11.2 Å². The molecule has 2 heterocycles. The van der Waals surface area contributed by atoms with Gasteiger partial charge in [-0.15, -0.1) is 0 Å². The number of carbonyl (C=O) groups is 2.